The average Bonchev–Trinajstić information content (AvgIpc) is 2.79. The Bertz CT molecular complexity index is 381. The van der Waals surface area contributed by atoms with E-state index in [-0.39, 0.29) is 11.6 Å². The summed E-state index contributed by atoms with van der Waals surface area (Å²) in [4.78, 5) is 4.46. The molecule has 1 aromatic rings. The molecule has 1 aromatic heterocycles. The van der Waals surface area contributed by atoms with Gasteiger partial charge in [-0.05, 0) is 38.5 Å². The molecule has 102 valence electrons. The van der Waals surface area contributed by atoms with Crippen LogP contribution in [0.1, 0.15) is 51.2 Å². The zero-order valence-corrected chi connectivity index (χ0v) is 11.5. The highest BCUT2D eigenvalue weighted by Gasteiger charge is 2.40. The van der Waals surface area contributed by atoms with Crippen LogP contribution in [0.2, 0.25) is 0 Å². The van der Waals surface area contributed by atoms with Crippen molar-refractivity contribution in [2.75, 3.05) is 7.11 Å². The summed E-state index contributed by atoms with van der Waals surface area (Å²) in [5, 5.41) is 4.09. The average molecular weight is 253 g/mol. The lowest BCUT2D eigenvalue weighted by atomic mass is 9.79. The number of methoxy groups -OCH3 is 1. The molecule has 0 radical (unpaired) electrons. The number of rotatable bonds is 4. The first-order chi connectivity index (χ1) is 8.55. The topological polar surface area (TPSA) is 74.2 Å². The maximum absolute atomic E-state index is 5.74. The molecule has 0 aliphatic heterocycles. The van der Waals surface area contributed by atoms with Crippen LogP contribution in [0.5, 0.6) is 0 Å². The van der Waals surface area contributed by atoms with Gasteiger partial charge in [0.1, 0.15) is 5.60 Å². The minimum Gasteiger partial charge on any atom is -0.370 e. The Morgan fingerprint density at radius 1 is 1.50 bits per heavy atom. The summed E-state index contributed by atoms with van der Waals surface area (Å²) in [6, 6.07) is 0.0307. The van der Waals surface area contributed by atoms with Crippen LogP contribution >= 0.6 is 0 Å². The van der Waals surface area contributed by atoms with Crippen molar-refractivity contribution in [1.29, 1.82) is 0 Å². The van der Waals surface area contributed by atoms with E-state index in [0.29, 0.717) is 18.1 Å². The van der Waals surface area contributed by atoms with Crippen molar-refractivity contribution in [1.82, 2.24) is 10.1 Å². The first kappa shape index (κ1) is 13.5. The van der Waals surface area contributed by atoms with Gasteiger partial charge in [-0.15, -0.1) is 0 Å². The van der Waals surface area contributed by atoms with E-state index in [4.69, 9.17) is 15.0 Å². The number of hydrogen-bond donors (Lipinski definition) is 1. The largest absolute Gasteiger partial charge is 0.370 e. The second-order valence-electron chi connectivity index (χ2n) is 5.57. The first-order valence-electron chi connectivity index (χ1n) is 6.69. The first-order valence-corrected chi connectivity index (χ1v) is 6.69. The fourth-order valence-corrected chi connectivity index (χ4v) is 2.55. The fourth-order valence-electron chi connectivity index (χ4n) is 2.55. The van der Waals surface area contributed by atoms with Crippen LogP contribution in [0.15, 0.2) is 4.52 Å². The van der Waals surface area contributed by atoms with Crippen LogP contribution in [-0.4, -0.2) is 23.3 Å². The second-order valence-corrected chi connectivity index (χ2v) is 5.57. The van der Waals surface area contributed by atoms with Gasteiger partial charge in [0.2, 0.25) is 11.7 Å². The minimum absolute atomic E-state index is 0.0307. The van der Waals surface area contributed by atoms with E-state index in [0.717, 1.165) is 31.6 Å². The Hall–Kier alpha value is -0.940. The monoisotopic (exact) mass is 253 g/mol. The Balaban J connectivity index is 2.14. The van der Waals surface area contributed by atoms with Crippen molar-refractivity contribution in [3.63, 3.8) is 0 Å². The smallest absolute Gasteiger partial charge is 0.228 e. The number of nitrogens with zero attached hydrogens (tertiary/aromatic N) is 2. The molecule has 0 saturated heterocycles. The van der Waals surface area contributed by atoms with Gasteiger partial charge in [-0.3, -0.25) is 0 Å². The van der Waals surface area contributed by atoms with Gasteiger partial charge in [0.15, 0.2) is 0 Å². The van der Waals surface area contributed by atoms with Crippen molar-refractivity contribution >= 4 is 0 Å². The molecule has 1 aliphatic rings. The molecule has 5 nitrogen and oxygen atoms in total. The quantitative estimate of drug-likeness (QED) is 0.888. The van der Waals surface area contributed by atoms with Crippen molar-refractivity contribution < 1.29 is 9.26 Å². The van der Waals surface area contributed by atoms with Crippen LogP contribution in [0.4, 0.5) is 0 Å². The van der Waals surface area contributed by atoms with Gasteiger partial charge in [-0.2, -0.15) is 4.98 Å². The van der Waals surface area contributed by atoms with Gasteiger partial charge in [0, 0.05) is 19.6 Å². The van der Waals surface area contributed by atoms with E-state index in [1.165, 1.54) is 0 Å². The molecule has 0 aromatic carbocycles. The van der Waals surface area contributed by atoms with Crippen molar-refractivity contribution in [2.24, 2.45) is 11.7 Å². The van der Waals surface area contributed by atoms with Crippen LogP contribution in [0, 0.1) is 5.92 Å². The molecule has 0 amide bonds. The predicted molar refractivity (Wildman–Crippen MR) is 68.0 cm³/mol. The van der Waals surface area contributed by atoms with Gasteiger partial charge in [-0.25, -0.2) is 0 Å². The highest BCUT2D eigenvalue weighted by Crippen LogP contribution is 2.40. The van der Waals surface area contributed by atoms with Gasteiger partial charge in [0.05, 0.1) is 0 Å². The van der Waals surface area contributed by atoms with E-state index in [2.05, 4.69) is 17.1 Å². The number of hydrogen-bond acceptors (Lipinski definition) is 5. The van der Waals surface area contributed by atoms with Gasteiger partial charge >= 0.3 is 0 Å². The molecule has 2 N–H and O–H groups in total. The Labute approximate surface area is 108 Å². The third-order valence-electron chi connectivity index (χ3n) is 3.84. The van der Waals surface area contributed by atoms with Crippen molar-refractivity contribution in [2.45, 2.75) is 57.6 Å². The lowest BCUT2D eigenvalue weighted by molar-refractivity contribution is -0.0609. The Kier molecular flexibility index (Phi) is 4.02. The number of aromatic nitrogens is 2. The maximum Gasteiger partial charge on any atom is 0.228 e. The lowest BCUT2D eigenvalue weighted by Crippen LogP contribution is -2.34. The van der Waals surface area contributed by atoms with Crippen LogP contribution in [0.25, 0.3) is 0 Å². The molecule has 1 heterocycles. The summed E-state index contributed by atoms with van der Waals surface area (Å²) in [5.41, 5.74) is 5.38. The van der Waals surface area contributed by atoms with E-state index in [1.807, 2.05) is 6.92 Å². The molecule has 1 saturated carbocycles. The Morgan fingerprint density at radius 3 is 2.72 bits per heavy atom. The lowest BCUT2D eigenvalue weighted by Gasteiger charge is -2.35. The van der Waals surface area contributed by atoms with E-state index >= 15 is 0 Å². The molecule has 0 bridgehead atoms. The number of nitrogens with two attached hydrogens (primary N) is 1. The van der Waals surface area contributed by atoms with E-state index in [9.17, 15) is 0 Å². The highest BCUT2D eigenvalue weighted by molar-refractivity contribution is 5.04. The predicted octanol–water partition coefficient (Wildman–Crippen LogP) is 2.01. The summed E-state index contributed by atoms with van der Waals surface area (Å²) in [6.45, 7) is 4.20. The molecule has 1 fully saturated rings. The summed E-state index contributed by atoms with van der Waals surface area (Å²) in [6.07, 6.45) is 4.82. The molecular formula is C13H23N3O2. The molecule has 1 aliphatic carbocycles. The third kappa shape index (κ3) is 2.72. The van der Waals surface area contributed by atoms with Crippen molar-refractivity contribution in [3.05, 3.63) is 11.7 Å². The normalized spacial score (nSPS) is 30.3. The number of ether oxygens (including phenoxy) is 1. The summed E-state index contributed by atoms with van der Waals surface area (Å²) in [7, 11) is 1.73. The SMILES string of the molecule is COC1(c2noc(CC(C)N)n2)CCC(C)CC1. The zero-order valence-electron chi connectivity index (χ0n) is 11.5. The molecule has 0 spiro atoms. The molecule has 18 heavy (non-hydrogen) atoms. The van der Waals surface area contributed by atoms with Gasteiger partial charge < -0.3 is 15.0 Å². The van der Waals surface area contributed by atoms with Gasteiger partial charge in [0.25, 0.3) is 0 Å². The summed E-state index contributed by atoms with van der Waals surface area (Å²) >= 11 is 0. The fraction of sp³-hybridized carbons (Fsp3) is 0.846. The standard InChI is InChI=1S/C13H23N3O2/c1-9-4-6-13(17-3,7-5-9)12-15-11(18-16-12)8-10(2)14/h9-10H,4-8,14H2,1-3H3. The molecule has 2 rings (SSSR count). The van der Waals surface area contributed by atoms with Crippen LogP contribution in [-0.2, 0) is 16.8 Å². The van der Waals surface area contributed by atoms with Gasteiger partial charge in [-0.1, -0.05) is 12.1 Å². The third-order valence-corrected chi connectivity index (χ3v) is 3.84. The molecular weight excluding hydrogens is 230 g/mol. The zero-order chi connectivity index (χ0) is 13.2. The maximum atomic E-state index is 5.74. The minimum atomic E-state index is -0.355. The van der Waals surface area contributed by atoms with Crippen LogP contribution < -0.4 is 5.73 Å². The molecule has 1 unspecified atom stereocenters. The summed E-state index contributed by atoms with van der Waals surface area (Å²) < 4.78 is 11.0. The van der Waals surface area contributed by atoms with Crippen molar-refractivity contribution in [3.8, 4) is 0 Å². The second kappa shape index (κ2) is 5.36. The van der Waals surface area contributed by atoms with Crippen LogP contribution in [0.3, 0.4) is 0 Å². The van der Waals surface area contributed by atoms with E-state index in [1.54, 1.807) is 7.11 Å². The highest BCUT2D eigenvalue weighted by atomic mass is 16.5. The molecule has 1 atom stereocenters. The molecule has 5 heteroatoms. The van der Waals surface area contributed by atoms with E-state index < -0.39 is 0 Å². The Morgan fingerprint density at radius 2 is 2.17 bits per heavy atom. The summed E-state index contributed by atoms with van der Waals surface area (Å²) in [5.74, 6) is 2.05.